The summed E-state index contributed by atoms with van der Waals surface area (Å²) in [7, 11) is 0. The van der Waals surface area contributed by atoms with E-state index in [1.54, 1.807) is 6.20 Å². The third kappa shape index (κ3) is 3.18. The number of aromatic nitrogens is 2. The molecule has 0 radical (unpaired) electrons. The van der Waals surface area contributed by atoms with E-state index in [9.17, 15) is 4.79 Å². The van der Waals surface area contributed by atoms with Crippen molar-refractivity contribution >= 4 is 11.5 Å². The van der Waals surface area contributed by atoms with Crippen LogP contribution < -0.4 is 16.6 Å². The Kier molecular flexibility index (Phi) is 4.09. The topological polar surface area (TPSA) is 83.8 Å². The molecule has 0 aliphatic carbocycles. The van der Waals surface area contributed by atoms with Crippen LogP contribution >= 0.6 is 0 Å². The highest BCUT2D eigenvalue weighted by atomic mass is 16.1. The van der Waals surface area contributed by atoms with Gasteiger partial charge in [-0.1, -0.05) is 12.1 Å². The van der Waals surface area contributed by atoms with Gasteiger partial charge in [0, 0.05) is 18.1 Å². The van der Waals surface area contributed by atoms with Crippen molar-refractivity contribution in [1.29, 1.82) is 0 Å². The van der Waals surface area contributed by atoms with Crippen molar-refractivity contribution < 1.29 is 0 Å². The van der Waals surface area contributed by atoms with Crippen molar-refractivity contribution in [3.63, 3.8) is 0 Å². The van der Waals surface area contributed by atoms with E-state index in [0.717, 1.165) is 18.5 Å². The highest BCUT2D eigenvalue weighted by molar-refractivity contribution is 5.56. The average molecular weight is 244 g/mol. The van der Waals surface area contributed by atoms with E-state index in [-0.39, 0.29) is 5.56 Å². The quantitative estimate of drug-likeness (QED) is 0.742. The fraction of sp³-hybridized carbons (Fsp3) is 0.231. The van der Waals surface area contributed by atoms with E-state index in [1.165, 1.54) is 11.8 Å². The van der Waals surface area contributed by atoms with E-state index in [1.807, 2.05) is 24.3 Å². The van der Waals surface area contributed by atoms with Crippen LogP contribution in [-0.2, 0) is 6.42 Å². The summed E-state index contributed by atoms with van der Waals surface area (Å²) in [5, 5.41) is 3.00. The second-order valence-electron chi connectivity index (χ2n) is 3.98. The van der Waals surface area contributed by atoms with Crippen molar-refractivity contribution in [3.05, 3.63) is 52.6 Å². The molecule has 0 saturated carbocycles. The van der Waals surface area contributed by atoms with Crippen molar-refractivity contribution in [3.8, 4) is 0 Å². The molecule has 94 valence electrons. The maximum absolute atomic E-state index is 11.5. The largest absolute Gasteiger partial charge is 0.336 e. The Morgan fingerprint density at radius 1 is 1.39 bits per heavy atom. The number of aryl methyl sites for hydroxylation is 1. The summed E-state index contributed by atoms with van der Waals surface area (Å²) >= 11 is 0. The molecule has 0 unspecified atom stereocenters. The normalized spacial score (nSPS) is 10.3. The fourth-order valence-corrected chi connectivity index (χ4v) is 1.69. The number of nitrogens with one attached hydrogen (secondary N) is 2. The first kappa shape index (κ1) is 12.3. The number of benzene rings is 1. The molecular weight excluding hydrogens is 228 g/mol. The van der Waals surface area contributed by atoms with Crippen LogP contribution in [-0.4, -0.2) is 16.5 Å². The number of hydrogen-bond donors (Lipinski definition) is 3. The molecular formula is C13H16N4O. The lowest BCUT2D eigenvalue weighted by molar-refractivity contribution is 0.833. The van der Waals surface area contributed by atoms with Gasteiger partial charge < -0.3 is 16.0 Å². The monoisotopic (exact) mass is 244 g/mol. The van der Waals surface area contributed by atoms with Gasteiger partial charge in [-0.2, -0.15) is 0 Å². The van der Waals surface area contributed by atoms with Crippen LogP contribution in [0.4, 0.5) is 11.5 Å². The summed E-state index contributed by atoms with van der Waals surface area (Å²) in [5.41, 5.74) is 7.30. The molecule has 4 N–H and O–H groups in total. The summed E-state index contributed by atoms with van der Waals surface area (Å²) in [4.78, 5) is 18.0. The molecule has 0 bridgehead atoms. The number of anilines is 2. The zero-order chi connectivity index (χ0) is 12.8. The van der Waals surface area contributed by atoms with Crippen molar-refractivity contribution in [2.75, 3.05) is 11.9 Å². The predicted molar refractivity (Wildman–Crippen MR) is 72.0 cm³/mol. The molecule has 0 amide bonds. The minimum atomic E-state index is -0.232. The van der Waals surface area contributed by atoms with Gasteiger partial charge in [0.25, 0.3) is 5.56 Å². The number of nitrogens with two attached hydrogens (primary N) is 1. The molecule has 1 aromatic heterocycles. The first-order chi connectivity index (χ1) is 8.79. The van der Waals surface area contributed by atoms with Gasteiger partial charge in [-0.3, -0.25) is 4.79 Å². The number of nitrogens with zero attached hydrogens (tertiary/aromatic N) is 1. The van der Waals surface area contributed by atoms with E-state index < -0.39 is 0 Å². The van der Waals surface area contributed by atoms with Crippen LogP contribution in [0, 0.1) is 0 Å². The molecule has 0 aliphatic heterocycles. The Hall–Kier alpha value is -2.14. The first-order valence-corrected chi connectivity index (χ1v) is 5.89. The van der Waals surface area contributed by atoms with Gasteiger partial charge in [0.1, 0.15) is 0 Å². The maximum Gasteiger partial charge on any atom is 0.291 e. The van der Waals surface area contributed by atoms with Crippen LogP contribution in [0.2, 0.25) is 0 Å². The van der Waals surface area contributed by atoms with Gasteiger partial charge in [0.15, 0.2) is 5.82 Å². The summed E-state index contributed by atoms with van der Waals surface area (Å²) in [6, 6.07) is 7.90. The smallest absolute Gasteiger partial charge is 0.291 e. The second kappa shape index (κ2) is 5.97. The lowest BCUT2D eigenvalue weighted by Crippen LogP contribution is -2.12. The lowest BCUT2D eigenvalue weighted by Gasteiger charge is -2.06. The van der Waals surface area contributed by atoms with Gasteiger partial charge >= 0.3 is 0 Å². The van der Waals surface area contributed by atoms with Crippen LogP contribution in [0.1, 0.15) is 12.0 Å². The molecule has 1 aromatic carbocycles. The molecule has 5 heteroatoms. The molecule has 2 rings (SSSR count). The van der Waals surface area contributed by atoms with Crippen molar-refractivity contribution in [2.24, 2.45) is 5.73 Å². The van der Waals surface area contributed by atoms with Crippen LogP contribution in [0.15, 0.2) is 41.5 Å². The Morgan fingerprint density at radius 3 is 3.06 bits per heavy atom. The molecule has 0 saturated heterocycles. The van der Waals surface area contributed by atoms with Crippen LogP contribution in [0.5, 0.6) is 0 Å². The third-order valence-corrected chi connectivity index (χ3v) is 2.57. The lowest BCUT2D eigenvalue weighted by atomic mass is 10.1. The molecule has 0 fully saturated rings. The van der Waals surface area contributed by atoms with Crippen LogP contribution in [0.25, 0.3) is 0 Å². The molecule has 0 atom stereocenters. The van der Waals surface area contributed by atoms with Crippen LogP contribution in [0.3, 0.4) is 0 Å². The average Bonchev–Trinajstić information content (AvgIpc) is 2.40. The Bertz CT molecular complexity index is 565. The first-order valence-electron chi connectivity index (χ1n) is 5.89. The van der Waals surface area contributed by atoms with Crippen molar-refractivity contribution in [2.45, 2.75) is 12.8 Å². The highest BCUT2D eigenvalue weighted by Gasteiger charge is 2.01. The number of aromatic amines is 1. The minimum Gasteiger partial charge on any atom is -0.336 e. The van der Waals surface area contributed by atoms with E-state index in [0.29, 0.717) is 12.4 Å². The zero-order valence-electron chi connectivity index (χ0n) is 10.0. The molecule has 1 heterocycles. The molecule has 5 nitrogen and oxygen atoms in total. The number of H-pyrrole nitrogens is 1. The molecule has 0 spiro atoms. The van der Waals surface area contributed by atoms with E-state index in [4.69, 9.17) is 5.73 Å². The van der Waals surface area contributed by atoms with E-state index in [2.05, 4.69) is 15.3 Å². The zero-order valence-corrected chi connectivity index (χ0v) is 10.0. The number of rotatable bonds is 5. The van der Waals surface area contributed by atoms with E-state index >= 15 is 0 Å². The molecule has 18 heavy (non-hydrogen) atoms. The second-order valence-corrected chi connectivity index (χ2v) is 3.98. The molecule has 0 aliphatic rings. The van der Waals surface area contributed by atoms with Gasteiger partial charge in [0.2, 0.25) is 0 Å². The fourth-order valence-electron chi connectivity index (χ4n) is 1.69. The third-order valence-electron chi connectivity index (χ3n) is 2.57. The maximum atomic E-state index is 11.5. The summed E-state index contributed by atoms with van der Waals surface area (Å²) in [6.07, 6.45) is 4.94. The van der Waals surface area contributed by atoms with Gasteiger partial charge in [-0.15, -0.1) is 0 Å². The number of hydrogen-bond acceptors (Lipinski definition) is 4. The Balaban J connectivity index is 2.14. The minimum absolute atomic E-state index is 0.232. The summed E-state index contributed by atoms with van der Waals surface area (Å²) in [6.45, 7) is 0.678. The Labute approximate surface area is 105 Å². The van der Waals surface area contributed by atoms with Gasteiger partial charge in [-0.05, 0) is 37.1 Å². The predicted octanol–water partition coefficient (Wildman–Crippen LogP) is 1.40. The highest BCUT2D eigenvalue weighted by Crippen LogP contribution is 2.14. The summed E-state index contributed by atoms with van der Waals surface area (Å²) < 4.78 is 0. The summed E-state index contributed by atoms with van der Waals surface area (Å²) in [5.74, 6) is 0.300. The Morgan fingerprint density at radius 2 is 2.28 bits per heavy atom. The van der Waals surface area contributed by atoms with Crippen molar-refractivity contribution in [1.82, 2.24) is 9.97 Å². The van der Waals surface area contributed by atoms with Gasteiger partial charge in [0.05, 0.1) is 0 Å². The molecule has 2 aromatic rings. The standard InChI is InChI=1S/C13H16N4O/c14-6-2-4-10-3-1-5-11(9-10)17-12-13(18)16-8-7-15-12/h1,3,5,7-9H,2,4,6,14H2,(H,15,17)(H,16,18). The van der Waals surface area contributed by atoms with Gasteiger partial charge in [-0.25, -0.2) is 4.98 Å². The SMILES string of the molecule is NCCCc1cccc(Nc2ncc[nH]c2=O)c1.